The van der Waals surface area contributed by atoms with Crippen molar-refractivity contribution in [2.75, 3.05) is 6.54 Å². The van der Waals surface area contributed by atoms with Gasteiger partial charge in [-0.3, -0.25) is 0 Å². The normalized spacial score (nSPS) is 12.5. The van der Waals surface area contributed by atoms with Crippen LogP contribution < -0.4 is 0 Å². The van der Waals surface area contributed by atoms with Crippen LogP contribution in [0.1, 0.15) is 5.56 Å². The number of nitrogens with zero attached hydrogens (tertiary/aromatic N) is 3. The van der Waals surface area contributed by atoms with Gasteiger partial charge in [-0.1, -0.05) is 35.4 Å². The number of hydrogen-bond acceptors (Lipinski definition) is 3. The second kappa shape index (κ2) is 6.67. The van der Waals surface area contributed by atoms with Crippen LogP contribution in [0.3, 0.4) is 0 Å². The molecular formula is C11H11F2N3O3. The number of rotatable bonds is 7. The van der Waals surface area contributed by atoms with Crippen molar-refractivity contribution in [2.24, 2.45) is 5.11 Å². The maximum Gasteiger partial charge on any atom is 0.339 e. The quantitative estimate of drug-likeness (QED) is 0.469. The third kappa shape index (κ3) is 4.53. The van der Waals surface area contributed by atoms with E-state index in [4.69, 9.17) is 15.4 Å². The van der Waals surface area contributed by atoms with E-state index in [0.29, 0.717) is 5.56 Å². The van der Waals surface area contributed by atoms with E-state index in [1.54, 1.807) is 30.3 Å². The lowest BCUT2D eigenvalue weighted by Crippen LogP contribution is -2.44. The largest absolute Gasteiger partial charge is 0.479 e. The molecule has 1 aromatic carbocycles. The van der Waals surface area contributed by atoms with Crippen molar-refractivity contribution in [1.29, 1.82) is 0 Å². The fraction of sp³-hybridized carbons (Fsp3) is 0.364. The molecule has 1 unspecified atom stereocenters. The first-order chi connectivity index (χ1) is 8.97. The molecule has 0 aliphatic heterocycles. The zero-order chi connectivity index (χ0) is 14.3. The number of carbonyl (C=O) groups is 1. The van der Waals surface area contributed by atoms with Crippen LogP contribution in [-0.2, 0) is 16.1 Å². The standard InChI is InChI=1S/C11H11F2N3O3/c12-11(13,7-15-16-14)9(10(17)18)19-6-8-4-2-1-3-5-8/h1-5,9H,6-7H2,(H,17,18). The Balaban J connectivity index is 2.73. The highest BCUT2D eigenvalue weighted by Gasteiger charge is 2.45. The van der Waals surface area contributed by atoms with Crippen LogP contribution in [0, 0.1) is 0 Å². The lowest BCUT2D eigenvalue weighted by Gasteiger charge is -2.22. The van der Waals surface area contributed by atoms with Gasteiger partial charge in [0.1, 0.15) is 0 Å². The van der Waals surface area contributed by atoms with Crippen molar-refractivity contribution >= 4 is 5.97 Å². The molecule has 6 nitrogen and oxygen atoms in total. The molecule has 1 aromatic rings. The van der Waals surface area contributed by atoms with Gasteiger partial charge in [0.15, 0.2) is 0 Å². The first-order valence-corrected chi connectivity index (χ1v) is 5.24. The van der Waals surface area contributed by atoms with E-state index in [9.17, 15) is 13.6 Å². The van der Waals surface area contributed by atoms with Gasteiger partial charge in [-0.2, -0.15) is 0 Å². The molecule has 1 rings (SSSR count). The minimum absolute atomic E-state index is 0.274. The minimum atomic E-state index is -3.77. The Morgan fingerprint density at radius 2 is 2.11 bits per heavy atom. The molecule has 0 fully saturated rings. The van der Waals surface area contributed by atoms with E-state index >= 15 is 0 Å². The fourth-order valence-electron chi connectivity index (χ4n) is 1.34. The average Bonchev–Trinajstić information content (AvgIpc) is 2.37. The molecule has 1 N–H and O–H groups in total. The van der Waals surface area contributed by atoms with Crippen molar-refractivity contribution in [3.8, 4) is 0 Å². The lowest BCUT2D eigenvalue weighted by molar-refractivity contribution is -0.180. The van der Waals surface area contributed by atoms with E-state index in [1.807, 2.05) is 0 Å². The maximum atomic E-state index is 13.5. The van der Waals surface area contributed by atoms with Gasteiger partial charge in [-0.25, -0.2) is 13.6 Å². The van der Waals surface area contributed by atoms with Crippen molar-refractivity contribution in [3.05, 3.63) is 46.3 Å². The Morgan fingerprint density at radius 3 is 2.63 bits per heavy atom. The summed E-state index contributed by atoms with van der Waals surface area (Å²) in [7, 11) is 0. The summed E-state index contributed by atoms with van der Waals surface area (Å²) in [6, 6.07) is 8.31. The number of halogens is 2. The highest BCUT2D eigenvalue weighted by Crippen LogP contribution is 2.23. The van der Waals surface area contributed by atoms with Crippen molar-refractivity contribution in [1.82, 2.24) is 0 Å². The van der Waals surface area contributed by atoms with Gasteiger partial charge in [0.2, 0.25) is 6.10 Å². The molecule has 19 heavy (non-hydrogen) atoms. The highest BCUT2D eigenvalue weighted by atomic mass is 19.3. The van der Waals surface area contributed by atoms with Crippen molar-refractivity contribution in [2.45, 2.75) is 18.6 Å². The third-order valence-corrected chi connectivity index (χ3v) is 2.21. The van der Waals surface area contributed by atoms with Crippen LogP contribution in [0.25, 0.3) is 10.4 Å². The van der Waals surface area contributed by atoms with Gasteiger partial charge in [0, 0.05) is 4.91 Å². The number of azide groups is 1. The van der Waals surface area contributed by atoms with Gasteiger partial charge < -0.3 is 9.84 Å². The third-order valence-electron chi connectivity index (χ3n) is 2.21. The van der Waals surface area contributed by atoms with Crippen LogP contribution in [0.4, 0.5) is 8.78 Å². The predicted octanol–water partition coefficient (Wildman–Crippen LogP) is 2.60. The lowest BCUT2D eigenvalue weighted by atomic mass is 10.2. The number of benzene rings is 1. The first kappa shape index (κ1) is 14.9. The smallest absolute Gasteiger partial charge is 0.339 e. The van der Waals surface area contributed by atoms with Gasteiger partial charge in [-0.05, 0) is 11.1 Å². The Hall–Kier alpha value is -2.18. The molecule has 0 spiro atoms. The molecule has 8 heteroatoms. The summed E-state index contributed by atoms with van der Waals surface area (Å²) in [5.41, 5.74) is 8.56. The van der Waals surface area contributed by atoms with Crippen LogP contribution >= 0.6 is 0 Å². The summed E-state index contributed by atoms with van der Waals surface area (Å²) >= 11 is 0. The average molecular weight is 271 g/mol. The van der Waals surface area contributed by atoms with Gasteiger partial charge in [0.05, 0.1) is 13.2 Å². The number of aliphatic carboxylic acids is 1. The van der Waals surface area contributed by atoms with Crippen LogP contribution in [0.15, 0.2) is 35.4 Å². The van der Waals surface area contributed by atoms with Crippen LogP contribution in [0.5, 0.6) is 0 Å². The predicted molar refractivity (Wildman–Crippen MR) is 61.6 cm³/mol. The minimum Gasteiger partial charge on any atom is -0.479 e. The molecule has 102 valence electrons. The molecule has 0 aromatic heterocycles. The molecule has 0 saturated heterocycles. The molecule has 0 aliphatic carbocycles. The van der Waals surface area contributed by atoms with E-state index < -0.39 is 24.5 Å². The monoisotopic (exact) mass is 271 g/mol. The second-order valence-corrected chi connectivity index (χ2v) is 3.66. The topological polar surface area (TPSA) is 95.3 Å². The fourth-order valence-corrected chi connectivity index (χ4v) is 1.34. The van der Waals surface area contributed by atoms with Gasteiger partial charge >= 0.3 is 5.97 Å². The molecule has 0 heterocycles. The van der Waals surface area contributed by atoms with Crippen molar-refractivity contribution in [3.63, 3.8) is 0 Å². The zero-order valence-corrected chi connectivity index (χ0v) is 9.74. The summed E-state index contributed by atoms with van der Waals surface area (Å²) in [6.45, 7) is -1.54. The second-order valence-electron chi connectivity index (χ2n) is 3.66. The number of alkyl halides is 2. The SMILES string of the molecule is [N-]=[N+]=NCC(F)(F)C(OCc1ccccc1)C(=O)O. The summed E-state index contributed by atoms with van der Waals surface area (Å²) in [4.78, 5) is 13.0. The molecule has 0 amide bonds. The van der Waals surface area contributed by atoms with Gasteiger partial charge in [0.25, 0.3) is 5.92 Å². The molecule has 0 saturated carbocycles. The maximum absolute atomic E-state index is 13.5. The number of hydrogen-bond donors (Lipinski definition) is 1. The molecule has 0 bridgehead atoms. The Kier molecular flexibility index (Phi) is 5.23. The Morgan fingerprint density at radius 1 is 1.47 bits per heavy atom. The number of ether oxygens (including phenoxy) is 1. The van der Waals surface area contributed by atoms with Crippen LogP contribution in [0.2, 0.25) is 0 Å². The number of carboxylic acid groups (broad SMARTS) is 1. The van der Waals surface area contributed by atoms with E-state index in [1.165, 1.54) is 0 Å². The van der Waals surface area contributed by atoms with Crippen LogP contribution in [-0.4, -0.2) is 29.6 Å². The van der Waals surface area contributed by atoms with Gasteiger partial charge in [-0.15, -0.1) is 0 Å². The van der Waals surface area contributed by atoms with E-state index in [0.717, 1.165) is 0 Å². The first-order valence-electron chi connectivity index (χ1n) is 5.24. The summed E-state index contributed by atoms with van der Waals surface area (Å²) in [5.74, 6) is -5.58. The van der Waals surface area contributed by atoms with E-state index in [-0.39, 0.29) is 6.61 Å². The molecule has 0 aliphatic rings. The number of carboxylic acids is 1. The summed E-state index contributed by atoms with van der Waals surface area (Å²) < 4.78 is 31.6. The zero-order valence-electron chi connectivity index (χ0n) is 9.74. The van der Waals surface area contributed by atoms with E-state index in [2.05, 4.69) is 10.0 Å². The summed E-state index contributed by atoms with van der Waals surface area (Å²) in [5, 5.41) is 11.4. The molecule has 0 radical (unpaired) electrons. The Bertz CT molecular complexity index is 475. The highest BCUT2D eigenvalue weighted by molar-refractivity contribution is 5.73. The Labute approximate surface area is 107 Å². The van der Waals surface area contributed by atoms with Crippen molar-refractivity contribution < 1.29 is 23.4 Å². The molecular weight excluding hydrogens is 260 g/mol. The summed E-state index contributed by atoms with van der Waals surface area (Å²) in [6.07, 6.45) is -2.36. The molecule has 1 atom stereocenters.